The lowest BCUT2D eigenvalue weighted by Crippen LogP contribution is -2.43. The molecule has 1 amide bonds. The minimum atomic E-state index is -3.86. The molecule has 20 heavy (non-hydrogen) atoms. The normalized spacial score (nSPS) is 12.2. The summed E-state index contributed by atoms with van der Waals surface area (Å²) in [6.45, 7) is -3.13. The molecule has 0 spiro atoms. The van der Waals surface area contributed by atoms with Gasteiger partial charge in [0.15, 0.2) is 0 Å². The number of carbonyl (C=O) groups excluding carboxylic acids is 1. The highest BCUT2D eigenvalue weighted by Crippen LogP contribution is 2.09. The van der Waals surface area contributed by atoms with Crippen LogP contribution in [0.1, 0.15) is 0 Å². The fraction of sp³-hybridized carbons (Fsp3) is 0.364. The molecule has 0 atom stereocenters. The van der Waals surface area contributed by atoms with Crippen molar-refractivity contribution in [1.82, 2.24) is 10.0 Å². The van der Waals surface area contributed by atoms with E-state index in [1.54, 1.807) is 6.07 Å². The number of sulfonamides is 1. The first-order valence-corrected chi connectivity index (χ1v) is 7.05. The van der Waals surface area contributed by atoms with E-state index in [2.05, 4.69) is 0 Å². The van der Waals surface area contributed by atoms with Crippen molar-refractivity contribution in [2.24, 2.45) is 0 Å². The van der Waals surface area contributed by atoms with E-state index in [1.165, 1.54) is 24.3 Å². The van der Waals surface area contributed by atoms with Crippen LogP contribution < -0.4 is 10.0 Å². The molecular formula is C11H14F2N2O4S. The Morgan fingerprint density at radius 2 is 1.85 bits per heavy atom. The van der Waals surface area contributed by atoms with Crippen LogP contribution in [0, 0.1) is 0 Å². The highest BCUT2D eigenvalue weighted by molar-refractivity contribution is 7.89. The summed E-state index contributed by atoms with van der Waals surface area (Å²) >= 11 is 0. The molecule has 0 heterocycles. The standard InChI is InChI=1S/C11H14F2N2O4S/c12-11(13,8-16)7-14-10(17)6-15-20(18,19)9-4-2-1-3-5-9/h1-5,15-16H,6-8H2,(H,14,17). The number of hydrogen-bond acceptors (Lipinski definition) is 4. The van der Waals surface area contributed by atoms with Gasteiger partial charge in [-0.1, -0.05) is 18.2 Å². The molecule has 0 radical (unpaired) electrons. The molecule has 112 valence electrons. The molecule has 0 saturated heterocycles. The summed E-state index contributed by atoms with van der Waals surface area (Å²) in [6.07, 6.45) is 0. The van der Waals surface area contributed by atoms with Crippen molar-refractivity contribution < 1.29 is 27.1 Å². The maximum absolute atomic E-state index is 12.6. The molecule has 0 aromatic heterocycles. The molecule has 0 aliphatic rings. The van der Waals surface area contributed by atoms with Gasteiger partial charge in [-0.3, -0.25) is 4.79 Å². The number of alkyl halides is 2. The number of nitrogens with one attached hydrogen (secondary N) is 2. The number of amides is 1. The number of hydrogen-bond donors (Lipinski definition) is 3. The lowest BCUT2D eigenvalue weighted by molar-refractivity contribution is -0.122. The van der Waals surface area contributed by atoms with Crippen molar-refractivity contribution in [2.45, 2.75) is 10.8 Å². The molecule has 0 fully saturated rings. The van der Waals surface area contributed by atoms with Crippen LogP contribution in [0.25, 0.3) is 0 Å². The quantitative estimate of drug-likeness (QED) is 0.645. The van der Waals surface area contributed by atoms with E-state index in [0.29, 0.717) is 0 Å². The van der Waals surface area contributed by atoms with Gasteiger partial charge in [0, 0.05) is 0 Å². The Hall–Kier alpha value is -1.58. The Bertz CT molecular complexity index is 549. The average Bonchev–Trinajstić information content (AvgIpc) is 2.44. The van der Waals surface area contributed by atoms with Gasteiger partial charge in [0.25, 0.3) is 5.92 Å². The highest BCUT2D eigenvalue weighted by atomic mass is 32.2. The number of halogens is 2. The van der Waals surface area contributed by atoms with Crippen LogP contribution in [0.2, 0.25) is 0 Å². The summed E-state index contributed by atoms with van der Waals surface area (Å²) in [4.78, 5) is 11.2. The Morgan fingerprint density at radius 1 is 1.25 bits per heavy atom. The molecule has 0 aliphatic carbocycles. The van der Waals surface area contributed by atoms with E-state index in [-0.39, 0.29) is 4.90 Å². The maximum Gasteiger partial charge on any atom is 0.287 e. The maximum atomic E-state index is 12.6. The molecule has 3 N–H and O–H groups in total. The number of rotatable bonds is 7. The Kier molecular flexibility index (Phi) is 5.54. The number of carbonyl (C=O) groups is 1. The fourth-order valence-corrected chi connectivity index (χ4v) is 2.19. The SMILES string of the molecule is O=C(CNS(=O)(=O)c1ccccc1)NCC(F)(F)CO. The van der Waals surface area contributed by atoms with Gasteiger partial charge >= 0.3 is 0 Å². The third-order valence-electron chi connectivity index (χ3n) is 2.25. The smallest absolute Gasteiger partial charge is 0.287 e. The molecule has 1 aromatic carbocycles. The van der Waals surface area contributed by atoms with Crippen molar-refractivity contribution in [3.8, 4) is 0 Å². The first-order chi connectivity index (χ1) is 9.27. The highest BCUT2D eigenvalue weighted by Gasteiger charge is 2.28. The van der Waals surface area contributed by atoms with E-state index in [4.69, 9.17) is 5.11 Å². The van der Waals surface area contributed by atoms with Gasteiger partial charge in [-0.05, 0) is 12.1 Å². The summed E-state index contributed by atoms with van der Waals surface area (Å²) in [6, 6.07) is 7.32. The molecular weight excluding hydrogens is 294 g/mol. The molecule has 0 saturated carbocycles. The van der Waals surface area contributed by atoms with Crippen molar-refractivity contribution in [3.63, 3.8) is 0 Å². The molecule has 0 bridgehead atoms. The Labute approximate surface area is 114 Å². The van der Waals surface area contributed by atoms with Crippen molar-refractivity contribution in [3.05, 3.63) is 30.3 Å². The van der Waals surface area contributed by atoms with Gasteiger partial charge in [-0.2, -0.15) is 0 Å². The molecule has 9 heteroatoms. The third-order valence-corrected chi connectivity index (χ3v) is 3.67. The number of aliphatic hydroxyl groups excluding tert-OH is 1. The summed E-state index contributed by atoms with van der Waals surface area (Å²) < 4.78 is 50.7. The molecule has 0 unspecified atom stereocenters. The average molecular weight is 308 g/mol. The fourth-order valence-electron chi connectivity index (χ4n) is 1.19. The second-order valence-electron chi connectivity index (χ2n) is 3.93. The predicted octanol–water partition coefficient (Wildman–Crippen LogP) is -0.291. The topological polar surface area (TPSA) is 95.5 Å². The van der Waals surface area contributed by atoms with Crippen LogP contribution in [0.15, 0.2) is 35.2 Å². The molecule has 6 nitrogen and oxygen atoms in total. The Balaban J connectivity index is 2.49. The molecule has 0 aliphatic heterocycles. The second-order valence-corrected chi connectivity index (χ2v) is 5.70. The first-order valence-electron chi connectivity index (χ1n) is 5.57. The van der Waals surface area contributed by atoms with Crippen LogP contribution in [0.4, 0.5) is 8.78 Å². The van der Waals surface area contributed by atoms with Crippen molar-refractivity contribution in [2.75, 3.05) is 19.7 Å². The van der Waals surface area contributed by atoms with Gasteiger partial charge < -0.3 is 10.4 Å². The lowest BCUT2D eigenvalue weighted by atomic mass is 10.3. The van der Waals surface area contributed by atoms with E-state index in [0.717, 1.165) is 0 Å². The number of aliphatic hydroxyl groups is 1. The van der Waals surface area contributed by atoms with E-state index in [1.807, 2.05) is 10.0 Å². The summed E-state index contributed by atoms with van der Waals surface area (Å²) in [7, 11) is -3.86. The zero-order chi connectivity index (χ0) is 15.2. The summed E-state index contributed by atoms with van der Waals surface area (Å²) in [5, 5.41) is 10.1. The minimum Gasteiger partial charge on any atom is -0.390 e. The first kappa shape index (κ1) is 16.5. The Morgan fingerprint density at radius 3 is 2.40 bits per heavy atom. The van der Waals surface area contributed by atoms with Crippen molar-refractivity contribution >= 4 is 15.9 Å². The van der Waals surface area contributed by atoms with Crippen LogP contribution >= 0.6 is 0 Å². The van der Waals surface area contributed by atoms with E-state index >= 15 is 0 Å². The summed E-state index contributed by atoms with van der Waals surface area (Å²) in [5.41, 5.74) is 0. The minimum absolute atomic E-state index is 0.0338. The molecule has 1 aromatic rings. The van der Waals surface area contributed by atoms with Gasteiger partial charge in [0.05, 0.1) is 18.0 Å². The van der Waals surface area contributed by atoms with Gasteiger partial charge in [-0.15, -0.1) is 0 Å². The van der Waals surface area contributed by atoms with E-state index < -0.39 is 41.5 Å². The lowest BCUT2D eigenvalue weighted by Gasteiger charge is -2.14. The number of benzene rings is 1. The van der Waals surface area contributed by atoms with Crippen LogP contribution in [0.5, 0.6) is 0 Å². The van der Waals surface area contributed by atoms with Crippen molar-refractivity contribution in [1.29, 1.82) is 0 Å². The monoisotopic (exact) mass is 308 g/mol. The zero-order valence-corrected chi connectivity index (χ0v) is 11.2. The van der Waals surface area contributed by atoms with Gasteiger partial charge in [-0.25, -0.2) is 21.9 Å². The van der Waals surface area contributed by atoms with E-state index in [9.17, 15) is 22.0 Å². The largest absolute Gasteiger partial charge is 0.390 e. The van der Waals surface area contributed by atoms with Crippen LogP contribution in [-0.2, 0) is 14.8 Å². The third kappa shape index (κ3) is 5.19. The molecule has 1 rings (SSSR count). The van der Waals surface area contributed by atoms with Crippen LogP contribution in [-0.4, -0.2) is 45.1 Å². The second kappa shape index (κ2) is 6.73. The van der Waals surface area contributed by atoms with Gasteiger partial charge in [0.2, 0.25) is 15.9 Å². The summed E-state index contributed by atoms with van der Waals surface area (Å²) in [5.74, 6) is -4.36. The van der Waals surface area contributed by atoms with Crippen LogP contribution in [0.3, 0.4) is 0 Å². The predicted molar refractivity (Wildman–Crippen MR) is 66.7 cm³/mol. The van der Waals surface area contributed by atoms with Gasteiger partial charge in [0.1, 0.15) is 6.61 Å². The zero-order valence-electron chi connectivity index (χ0n) is 10.3.